The summed E-state index contributed by atoms with van der Waals surface area (Å²) in [5.74, 6) is 1.17. The zero-order valence-corrected chi connectivity index (χ0v) is 7.65. The predicted molar refractivity (Wildman–Crippen MR) is 47.3 cm³/mol. The Morgan fingerprint density at radius 3 is 2.23 bits per heavy atom. The van der Waals surface area contributed by atoms with Crippen molar-refractivity contribution in [1.29, 1.82) is 0 Å². The average Bonchev–Trinajstić information content (AvgIpc) is 2.00. The first-order valence-electron chi connectivity index (χ1n) is 5.19. The van der Waals surface area contributed by atoms with E-state index in [0.29, 0.717) is 11.8 Å². The standard InChI is InChI=1S/C10H15NO2/c12-10(13)9-7-1-6-2-8(9)5-11(3-6)4-7/h6-9H,1-5H2,(H,12,13)/t6-,7-,8+,9-. The van der Waals surface area contributed by atoms with E-state index in [9.17, 15) is 4.79 Å². The minimum absolute atomic E-state index is 0.0206. The molecular formula is C10H15NO2. The van der Waals surface area contributed by atoms with Crippen LogP contribution in [0.5, 0.6) is 0 Å². The van der Waals surface area contributed by atoms with Crippen LogP contribution >= 0.6 is 0 Å². The van der Waals surface area contributed by atoms with Crippen LogP contribution in [-0.2, 0) is 4.79 Å². The van der Waals surface area contributed by atoms with Gasteiger partial charge in [-0.3, -0.25) is 4.79 Å². The Bertz CT molecular complexity index is 223. The van der Waals surface area contributed by atoms with Crippen LogP contribution in [0.15, 0.2) is 0 Å². The molecule has 3 nitrogen and oxygen atoms in total. The van der Waals surface area contributed by atoms with E-state index in [0.717, 1.165) is 19.0 Å². The van der Waals surface area contributed by atoms with Crippen LogP contribution in [0.3, 0.4) is 0 Å². The van der Waals surface area contributed by atoms with Gasteiger partial charge in [0.15, 0.2) is 0 Å². The van der Waals surface area contributed by atoms with Crippen molar-refractivity contribution >= 4 is 5.97 Å². The smallest absolute Gasteiger partial charge is 0.307 e. The molecule has 0 aromatic carbocycles. The Balaban J connectivity index is 1.89. The van der Waals surface area contributed by atoms with Crippen molar-refractivity contribution in [2.75, 3.05) is 19.6 Å². The molecule has 3 aliphatic heterocycles. The van der Waals surface area contributed by atoms with Gasteiger partial charge in [-0.2, -0.15) is 0 Å². The fourth-order valence-corrected chi connectivity index (χ4v) is 3.81. The molecule has 13 heavy (non-hydrogen) atoms. The molecule has 0 radical (unpaired) electrons. The number of carboxylic acid groups (broad SMARTS) is 1. The average molecular weight is 181 g/mol. The monoisotopic (exact) mass is 181 g/mol. The van der Waals surface area contributed by atoms with E-state index in [1.165, 1.54) is 19.4 Å². The summed E-state index contributed by atoms with van der Waals surface area (Å²) >= 11 is 0. The van der Waals surface area contributed by atoms with Gasteiger partial charge < -0.3 is 10.0 Å². The SMILES string of the molecule is O=C(O)[C@@H]1[C@@H]2C[C@@H]3C[C@H]1CN(C3)C2. The molecule has 3 heterocycles. The summed E-state index contributed by atoms with van der Waals surface area (Å²) in [5, 5.41) is 9.13. The van der Waals surface area contributed by atoms with Gasteiger partial charge >= 0.3 is 5.97 Å². The fraction of sp³-hybridized carbons (Fsp3) is 0.900. The first kappa shape index (κ1) is 7.80. The maximum Gasteiger partial charge on any atom is 0.307 e. The van der Waals surface area contributed by atoms with Crippen molar-refractivity contribution in [2.24, 2.45) is 23.7 Å². The summed E-state index contributed by atoms with van der Waals surface area (Å²) in [6, 6.07) is 0. The van der Waals surface area contributed by atoms with Crippen LogP contribution < -0.4 is 0 Å². The topological polar surface area (TPSA) is 40.5 Å². The van der Waals surface area contributed by atoms with Crippen LogP contribution in [0.1, 0.15) is 12.8 Å². The first-order valence-corrected chi connectivity index (χ1v) is 5.19. The lowest BCUT2D eigenvalue weighted by Crippen LogP contribution is -2.59. The molecule has 4 fully saturated rings. The van der Waals surface area contributed by atoms with E-state index < -0.39 is 5.97 Å². The molecular weight excluding hydrogens is 166 g/mol. The summed E-state index contributed by atoms with van der Waals surface area (Å²) in [7, 11) is 0. The molecule has 4 rings (SSSR count). The van der Waals surface area contributed by atoms with Crippen molar-refractivity contribution in [1.82, 2.24) is 4.90 Å². The molecule has 0 aromatic heterocycles. The van der Waals surface area contributed by atoms with Gasteiger partial charge in [0, 0.05) is 19.6 Å². The van der Waals surface area contributed by atoms with Gasteiger partial charge in [-0.1, -0.05) is 0 Å². The first-order chi connectivity index (χ1) is 6.24. The molecule has 0 spiro atoms. The van der Waals surface area contributed by atoms with Crippen molar-refractivity contribution in [3.8, 4) is 0 Å². The van der Waals surface area contributed by atoms with Crippen LogP contribution in [0.25, 0.3) is 0 Å². The Morgan fingerprint density at radius 1 is 1.15 bits per heavy atom. The quantitative estimate of drug-likeness (QED) is 0.646. The number of carboxylic acids is 1. The Kier molecular flexibility index (Phi) is 1.48. The summed E-state index contributed by atoms with van der Waals surface area (Å²) in [5.41, 5.74) is 0. The molecule has 0 amide bonds. The number of carbonyl (C=O) groups is 1. The van der Waals surface area contributed by atoms with E-state index >= 15 is 0 Å². The third-order valence-corrected chi connectivity index (χ3v) is 4.07. The predicted octanol–water partition coefficient (Wildman–Crippen LogP) is 0.659. The molecule has 4 aliphatic rings. The molecule has 3 saturated heterocycles. The minimum Gasteiger partial charge on any atom is -0.481 e. The maximum absolute atomic E-state index is 11.1. The molecule has 1 saturated carbocycles. The van der Waals surface area contributed by atoms with Gasteiger partial charge in [0.25, 0.3) is 0 Å². The van der Waals surface area contributed by atoms with Crippen molar-refractivity contribution in [3.63, 3.8) is 0 Å². The number of nitrogens with zero attached hydrogens (tertiary/aromatic N) is 1. The Hall–Kier alpha value is -0.570. The summed E-state index contributed by atoms with van der Waals surface area (Å²) in [4.78, 5) is 13.5. The summed E-state index contributed by atoms with van der Waals surface area (Å²) in [6.45, 7) is 3.33. The molecule has 5 atom stereocenters. The van der Waals surface area contributed by atoms with E-state index in [-0.39, 0.29) is 5.92 Å². The zero-order chi connectivity index (χ0) is 9.00. The van der Waals surface area contributed by atoms with Crippen LogP contribution in [-0.4, -0.2) is 35.6 Å². The molecule has 1 unspecified atom stereocenters. The number of piperidine rings is 3. The minimum atomic E-state index is -0.546. The Morgan fingerprint density at radius 2 is 1.77 bits per heavy atom. The van der Waals surface area contributed by atoms with Gasteiger partial charge in [-0.25, -0.2) is 0 Å². The third kappa shape index (κ3) is 1.03. The van der Waals surface area contributed by atoms with Crippen molar-refractivity contribution in [3.05, 3.63) is 0 Å². The van der Waals surface area contributed by atoms with Crippen LogP contribution in [0, 0.1) is 23.7 Å². The number of aliphatic carboxylic acids is 1. The van der Waals surface area contributed by atoms with Gasteiger partial charge in [-0.05, 0) is 30.6 Å². The summed E-state index contributed by atoms with van der Waals surface area (Å²) < 4.78 is 0. The second-order valence-electron chi connectivity index (χ2n) is 4.94. The highest BCUT2D eigenvalue weighted by atomic mass is 16.4. The molecule has 72 valence electrons. The van der Waals surface area contributed by atoms with E-state index in [1.54, 1.807) is 0 Å². The molecule has 4 bridgehead atoms. The van der Waals surface area contributed by atoms with Crippen LogP contribution in [0.4, 0.5) is 0 Å². The van der Waals surface area contributed by atoms with E-state index in [4.69, 9.17) is 5.11 Å². The second kappa shape index (κ2) is 2.47. The maximum atomic E-state index is 11.1. The molecule has 1 N–H and O–H groups in total. The highest BCUT2D eigenvalue weighted by Gasteiger charge is 2.50. The summed E-state index contributed by atoms with van der Waals surface area (Å²) in [6.07, 6.45) is 2.34. The largest absolute Gasteiger partial charge is 0.481 e. The van der Waals surface area contributed by atoms with Gasteiger partial charge in [0.2, 0.25) is 0 Å². The third-order valence-electron chi connectivity index (χ3n) is 4.07. The highest BCUT2D eigenvalue weighted by Crippen LogP contribution is 2.46. The number of rotatable bonds is 1. The normalized spacial score (nSPS) is 52.5. The highest BCUT2D eigenvalue weighted by molar-refractivity contribution is 5.71. The van der Waals surface area contributed by atoms with Crippen LogP contribution in [0.2, 0.25) is 0 Å². The lowest BCUT2D eigenvalue weighted by molar-refractivity contribution is -0.157. The van der Waals surface area contributed by atoms with Gasteiger partial charge in [0.05, 0.1) is 5.92 Å². The van der Waals surface area contributed by atoms with E-state index in [2.05, 4.69) is 4.90 Å². The van der Waals surface area contributed by atoms with Crippen molar-refractivity contribution < 1.29 is 9.90 Å². The molecule has 0 aromatic rings. The number of hydrogen-bond acceptors (Lipinski definition) is 2. The lowest BCUT2D eigenvalue weighted by atomic mass is 9.62. The van der Waals surface area contributed by atoms with Crippen molar-refractivity contribution in [2.45, 2.75) is 12.8 Å². The number of hydrogen-bond donors (Lipinski definition) is 1. The molecule has 3 heteroatoms. The fourth-order valence-electron chi connectivity index (χ4n) is 3.81. The van der Waals surface area contributed by atoms with Gasteiger partial charge in [0.1, 0.15) is 0 Å². The molecule has 1 aliphatic carbocycles. The zero-order valence-electron chi connectivity index (χ0n) is 7.65. The van der Waals surface area contributed by atoms with E-state index in [1.807, 2.05) is 0 Å². The Labute approximate surface area is 77.7 Å². The van der Waals surface area contributed by atoms with Gasteiger partial charge in [-0.15, -0.1) is 0 Å². The second-order valence-corrected chi connectivity index (χ2v) is 4.94. The lowest BCUT2D eigenvalue weighted by Gasteiger charge is -2.54.